The van der Waals surface area contributed by atoms with Gasteiger partial charge in [-0.15, -0.1) is 0 Å². The minimum Gasteiger partial charge on any atom is -0.423 e. The number of hydrogen-bond acceptors (Lipinski definition) is 2. The first-order valence-corrected chi connectivity index (χ1v) is 9.27. The highest BCUT2D eigenvalue weighted by molar-refractivity contribution is 9.10. The monoisotopic (exact) mass is 430 g/mol. The van der Waals surface area contributed by atoms with Gasteiger partial charge in [0, 0.05) is 14.5 Å². The fourth-order valence-electron chi connectivity index (χ4n) is 2.03. The maximum absolute atomic E-state index is 8.95. The van der Waals surface area contributed by atoms with Crippen molar-refractivity contribution in [2.24, 2.45) is 0 Å². The third kappa shape index (κ3) is 7.16. The van der Waals surface area contributed by atoms with Gasteiger partial charge in [-0.25, -0.2) is 0 Å². The summed E-state index contributed by atoms with van der Waals surface area (Å²) in [6.45, 7) is 8.36. The second kappa shape index (κ2) is 9.84. The van der Waals surface area contributed by atoms with Gasteiger partial charge in [0.2, 0.25) is 0 Å². The first-order chi connectivity index (χ1) is 11.1. The van der Waals surface area contributed by atoms with Crippen molar-refractivity contribution in [3.05, 3.63) is 62.0 Å². The van der Waals surface area contributed by atoms with E-state index in [-0.39, 0.29) is 0 Å². The highest BCUT2D eigenvalue weighted by Crippen LogP contribution is 2.24. The van der Waals surface area contributed by atoms with Crippen LogP contribution in [0.5, 0.6) is 0 Å². The summed E-state index contributed by atoms with van der Waals surface area (Å²) >= 11 is 15.1. The van der Waals surface area contributed by atoms with Crippen LogP contribution in [0, 0.1) is 0 Å². The van der Waals surface area contributed by atoms with Gasteiger partial charge in [-0.1, -0.05) is 72.9 Å². The van der Waals surface area contributed by atoms with Gasteiger partial charge in [-0.3, -0.25) is 0 Å². The molecular formula is C18H22BBrCl2O2. The Hall–Kier alpha value is -0.515. The second-order valence-corrected chi connectivity index (χ2v) is 7.99. The predicted molar refractivity (Wildman–Crippen MR) is 109 cm³/mol. The number of benzene rings is 2. The lowest BCUT2D eigenvalue weighted by atomic mass is 9.79. The van der Waals surface area contributed by atoms with Crippen LogP contribution >= 0.6 is 39.1 Å². The van der Waals surface area contributed by atoms with E-state index in [1.54, 1.807) is 12.1 Å². The summed E-state index contributed by atoms with van der Waals surface area (Å²) in [4.78, 5) is 0. The average molecular weight is 432 g/mol. The van der Waals surface area contributed by atoms with Crippen molar-refractivity contribution in [3.63, 3.8) is 0 Å². The molecule has 0 fully saturated rings. The van der Waals surface area contributed by atoms with Crippen molar-refractivity contribution in [2.75, 3.05) is 0 Å². The van der Waals surface area contributed by atoms with Crippen molar-refractivity contribution in [3.8, 4) is 0 Å². The molecule has 0 unspecified atom stereocenters. The Morgan fingerprint density at radius 1 is 0.792 bits per heavy atom. The van der Waals surface area contributed by atoms with E-state index >= 15 is 0 Å². The summed E-state index contributed by atoms with van der Waals surface area (Å²) in [6.07, 6.45) is 0. The summed E-state index contributed by atoms with van der Waals surface area (Å²) in [6, 6.07) is 11.1. The van der Waals surface area contributed by atoms with Gasteiger partial charge in [0.1, 0.15) is 0 Å². The van der Waals surface area contributed by atoms with E-state index in [2.05, 4.69) is 35.8 Å². The van der Waals surface area contributed by atoms with Crippen molar-refractivity contribution in [1.29, 1.82) is 0 Å². The second-order valence-electron chi connectivity index (χ2n) is 6.20. The lowest BCUT2D eigenvalue weighted by Gasteiger charge is -2.08. The SMILES string of the molecule is CC(C)c1cc(Cl)cc(B(O)O)c1.CC(C)c1cc(Cl)cc(Br)c1. The molecule has 0 aliphatic rings. The molecule has 0 aliphatic heterocycles. The van der Waals surface area contributed by atoms with E-state index in [9.17, 15) is 0 Å². The fraction of sp³-hybridized carbons (Fsp3) is 0.333. The summed E-state index contributed by atoms with van der Waals surface area (Å²) in [5.74, 6) is 0.862. The lowest BCUT2D eigenvalue weighted by Crippen LogP contribution is -2.30. The quantitative estimate of drug-likeness (QED) is 0.641. The number of halogens is 3. The molecule has 0 saturated heterocycles. The molecule has 2 nitrogen and oxygen atoms in total. The zero-order chi connectivity index (χ0) is 18.4. The first kappa shape index (κ1) is 21.5. The molecule has 2 aromatic rings. The van der Waals surface area contributed by atoms with Gasteiger partial charge in [0.05, 0.1) is 0 Å². The summed E-state index contributed by atoms with van der Waals surface area (Å²) in [5, 5.41) is 19.2. The molecule has 0 saturated carbocycles. The summed E-state index contributed by atoms with van der Waals surface area (Å²) in [7, 11) is -1.45. The Labute approximate surface area is 163 Å². The molecule has 0 amide bonds. The van der Waals surface area contributed by atoms with E-state index < -0.39 is 7.12 Å². The first-order valence-electron chi connectivity index (χ1n) is 7.72. The normalized spacial score (nSPS) is 10.6. The van der Waals surface area contributed by atoms with Crippen LogP contribution in [0.2, 0.25) is 10.0 Å². The summed E-state index contributed by atoms with van der Waals surface area (Å²) < 4.78 is 1.05. The molecular weight excluding hydrogens is 410 g/mol. The largest absolute Gasteiger partial charge is 0.488 e. The van der Waals surface area contributed by atoms with Gasteiger partial charge in [0.25, 0.3) is 0 Å². The molecule has 0 spiro atoms. The van der Waals surface area contributed by atoms with Gasteiger partial charge in [0.15, 0.2) is 0 Å². The smallest absolute Gasteiger partial charge is 0.423 e. The molecule has 130 valence electrons. The fourth-order valence-corrected chi connectivity index (χ4v) is 3.17. The van der Waals surface area contributed by atoms with Crippen LogP contribution in [0.25, 0.3) is 0 Å². The molecule has 0 aromatic heterocycles. The molecule has 2 rings (SSSR count). The molecule has 0 atom stereocenters. The van der Waals surface area contributed by atoms with Crippen molar-refractivity contribution in [1.82, 2.24) is 0 Å². The zero-order valence-electron chi connectivity index (χ0n) is 14.2. The Balaban J connectivity index is 0.000000243. The third-order valence-corrected chi connectivity index (χ3v) is 4.35. The van der Waals surface area contributed by atoms with Gasteiger partial charge >= 0.3 is 7.12 Å². The van der Waals surface area contributed by atoms with Crippen molar-refractivity contribution >= 4 is 51.7 Å². The highest BCUT2D eigenvalue weighted by Gasteiger charge is 2.13. The van der Waals surface area contributed by atoms with Crippen molar-refractivity contribution in [2.45, 2.75) is 39.5 Å². The Morgan fingerprint density at radius 3 is 1.67 bits per heavy atom. The zero-order valence-corrected chi connectivity index (χ0v) is 17.3. The third-order valence-electron chi connectivity index (χ3n) is 3.46. The Bertz CT molecular complexity index is 630. The minimum absolute atomic E-state index is 0.330. The van der Waals surface area contributed by atoms with E-state index in [0.717, 1.165) is 15.1 Å². The molecule has 0 bridgehead atoms. The highest BCUT2D eigenvalue weighted by atomic mass is 79.9. The van der Waals surface area contributed by atoms with Crippen LogP contribution in [0.3, 0.4) is 0 Å². The molecule has 24 heavy (non-hydrogen) atoms. The summed E-state index contributed by atoms with van der Waals surface area (Å²) in [5.41, 5.74) is 2.72. The van der Waals surface area contributed by atoms with Crippen LogP contribution in [0.1, 0.15) is 50.7 Å². The van der Waals surface area contributed by atoms with Gasteiger partial charge in [-0.2, -0.15) is 0 Å². The van der Waals surface area contributed by atoms with Crippen molar-refractivity contribution < 1.29 is 10.0 Å². The van der Waals surface area contributed by atoms with E-state index in [1.807, 2.05) is 32.0 Å². The van der Waals surface area contributed by atoms with E-state index in [1.165, 1.54) is 5.56 Å². The predicted octanol–water partition coefficient (Wildman–Crippen LogP) is 5.37. The van der Waals surface area contributed by atoms with E-state index in [0.29, 0.717) is 22.3 Å². The van der Waals surface area contributed by atoms with Crippen LogP contribution in [0.15, 0.2) is 40.9 Å². The molecule has 2 N–H and O–H groups in total. The molecule has 6 heteroatoms. The maximum atomic E-state index is 8.95. The molecule has 2 aromatic carbocycles. The van der Waals surface area contributed by atoms with Gasteiger partial charge in [-0.05, 0) is 58.8 Å². The average Bonchev–Trinajstić information content (AvgIpc) is 2.46. The molecule has 0 heterocycles. The van der Waals surface area contributed by atoms with Crippen LogP contribution in [0.4, 0.5) is 0 Å². The Kier molecular flexibility index (Phi) is 8.82. The van der Waals surface area contributed by atoms with Crippen LogP contribution < -0.4 is 5.46 Å². The molecule has 0 radical (unpaired) electrons. The maximum Gasteiger partial charge on any atom is 0.488 e. The topological polar surface area (TPSA) is 40.5 Å². The standard InChI is InChI=1S/C9H12BClO2.C9H10BrCl/c1-6(2)7-3-8(10(12)13)5-9(11)4-7;1-6(2)7-3-8(10)5-9(11)4-7/h3-6,12-13H,1-2H3;3-6H,1-2H3. The molecule has 0 aliphatic carbocycles. The number of hydrogen-bond donors (Lipinski definition) is 2. The van der Waals surface area contributed by atoms with Crippen LogP contribution in [-0.2, 0) is 0 Å². The Morgan fingerprint density at radius 2 is 1.25 bits per heavy atom. The number of rotatable bonds is 3. The lowest BCUT2D eigenvalue weighted by molar-refractivity contribution is 0.425. The van der Waals surface area contributed by atoms with Gasteiger partial charge < -0.3 is 10.0 Å². The van der Waals surface area contributed by atoms with E-state index in [4.69, 9.17) is 33.2 Å². The minimum atomic E-state index is -1.45. The van der Waals surface area contributed by atoms with Crippen LogP contribution in [-0.4, -0.2) is 17.2 Å².